The second-order valence-electron chi connectivity index (χ2n) is 8.41. The summed E-state index contributed by atoms with van der Waals surface area (Å²) in [5.74, 6) is 2.13. The topological polar surface area (TPSA) is 58.6 Å². The second kappa shape index (κ2) is 13.2. The van der Waals surface area contributed by atoms with Crippen molar-refractivity contribution < 1.29 is 14.3 Å². The van der Waals surface area contributed by atoms with Crippen molar-refractivity contribution >= 4 is 23.6 Å². The number of nitrogens with zero attached hydrogens (tertiary/aromatic N) is 1. The fourth-order valence-corrected chi connectivity index (χ4v) is 4.16. The first kappa shape index (κ1) is 25.8. The van der Waals surface area contributed by atoms with Crippen LogP contribution in [0.2, 0.25) is 0 Å². The highest BCUT2D eigenvalue weighted by atomic mass is 32.2. The molecule has 1 unspecified atom stereocenters. The van der Waals surface area contributed by atoms with Crippen molar-refractivity contribution in [1.82, 2.24) is 10.2 Å². The number of amides is 2. The number of thioether (sulfide) groups is 1. The molecule has 0 heterocycles. The Balaban J connectivity index is 2.09. The minimum atomic E-state index is -0.482. The van der Waals surface area contributed by atoms with E-state index in [9.17, 15) is 9.59 Å². The minimum absolute atomic E-state index is 0.0179. The van der Waals surface area contributed by atoms with Crippen LogP contribution in [0.15, 0.2) is 48.5 Å². The molecule has 0 saturated carbocycles. The predicted molar refractivity (Wildman–Crippen MR) is 133 cm³/mol. The summed E-state index contributed by atoms with van der Waals surface area (Å²) in [5, 5.41) is 3.00. The van der Waals surface area contributed by atoms with E-state index in [4.69, 9.17) is 4.74 Å². The van der Waals surface area contributed by atoms with Gasteiger partial charge in [-0.2, -0.15) is 0 Å². The average Bonchev–Trinajstić information content (AvgIpc) is 2.79. The van der Waals surface area contributed by atoms with Crippen molar-refractivity contribution in [3.63, 3.8) is 0 Å². The van der Waals surface area contributed by atoms with Crippen LogP contribution in [0.3, 0.4) is 0 Å². The molecule has 1 N–H and O–H groups in total. The molecule has 0 saturated heterocycles. The molecule has 0 aromatic heterocycles. The summed E-state index contributed by atoms with van der Waals surface area (Å²) in [4.78, 5) is 27.9. The molecule has 0 aliphatic carbocycles. The number of carbonyl (C=O) groups excluding carboxylic acids is 2. The smallest absolute Gasteiger partial charge is 0.242 e. The molecule has 0 bridgehead atoms. The van der Waals surface area contributed by atoms with E-state index in [1.807, 2.05) is 62.4 Å². The van der Waals surface area contributed by atoms with Crippen LogP contribution < -0.4 is 10.1 Å². The Morgan fingerprint density at radius 1 is 1.03 bits per heavy atom. The zero-order chi connectivity index (χ0) is 23.5. The van der Waals surface area contributed by atoms with E-state index in [0.717, 1.165) is 22.6 Å². The van der Waals surface area contributed by atoms with Gasteiger partial charge in [-0.15, -0.1) is 11.8 Å². The summed E-state index contributed by atoms with van der Waals surface area (Å²) in [6.45, 7) is 9.15. The van der Waals surface area contributed by atoms with E-state index in [2.05, 4.69) is 19.2 Å². The summed E-state index contributed by atoms with van der Waals surface area (Å²) in [6, 6.07) is 15.5. The van der Waals surface area contributed by atoms with Gasteiger partial charge < -0.3 is 15.0 Å². The molecule has 0 spiro atoms. The third-order valence-electron chi connectivity index (χ3n) is 5.20. The number of aryl methyl sites for hydroxylation is 1. The molecule has 1 atom stereocenters. The van der Waals surface area contributed by atoms with E-state index in [0.29, 0.717) is 31.2 Å². The van der Waals surface area contributed by atoms with Crippen molar-refractivity contribution in [3.8, 4) is 5.75 Å². The van der Waals surface area contributed by atoms with Crippen LogP contribution in [0.5, 0.6) is 5.75 Å². The Labute approximate surface area is 196 Å². The molecule has 0 aliphatic rings. The zero-order valence-electron chi connectivity index (χ0n) is 19.9. The van der Waals surface area contributed by atoms with Crippen LogP contribution in [-0.4, -0.2) is 42.2 Å². The zero-order valence-corrected chi connectivity index (χ0v) is 20.7. The average molecular weight is 457 g/mol. The molecule has 0 fully saturated rings. The standard InChI is InChI=1S/C26H36N2O3S/c1-6-24(26(30)27-15-19(2)3)28(16-21-9-7-20(4)8-10-21)25(29)18-32-17-22-11-13-23(31-5)14-12-22/h7-14,19,24H,6,15-18H2,1-5H3,(H,27,30). The highest BCUT2D eigenvalue weighted by Crippen LogP contribution is 2.19. The molecule has 2 amide bonds. The first-order chi connectivity index (χ1) is 15.3. The summed E-state index contributed by atoms with van der Waals surface area (Å²) >= 11 is 1.56. The molecule has 6 heteroatoms. The number of nitrogens with one attached hydrogen (secondary N) is 1. The van der Waals surface area contributed by atoms with Gasteiger partial charge in [0.05, 0.1) is 12.9 Å². The van der Waals surface area contributed by atoms with Gasteiger partial charge in [0, 0.05) is 18.8 Å². The highest BCUT2D eigenvalue weighted by molar-refractivity contribution is 7.99. The minimum Gasteiger partial charge on any atom is -0.497 e. The van der Waals surface area contributed by atoms with Crippen LogP contribution in [-0.2, 0) is 21.9 Å². The van der Waals surface area contributed by atoms with Crippen LogP contribution in [0.1, 0.15) is 43.9 Å². The fourth-order valence-electron chi connectivity index (χ4n) is 3.29. The Morgan fingerprint density at radius 3 is 2.22 bits per heavy atom. The molecule has 2 rings (SSSR count). The van der Waals surface area contributed by atoms with E-state index < -0.39 is 6.04 Å². The molecular weight excluding hydrogens is 420 g/mol. The molecule has 32 heavy (non-hydrogen) atoms. The number of hydrogen-bond donors (Lipinski definition) is 1. The number of hydrogen-bond acceptors (Lipinski definition) is 4. The first-order valence-corrected chi connectivity index (χ1v) is 12.3. The number of ether oxygens (including phenoxy) is 1. The maximum absolute atomic E-state index is 13.3. The van der Waals surface area contributed by atoms with E-state index in [-0.39, 0.29) is 11.8 Å². The summed E-state index contributed by atoms with van der Waals surface area (Å²) in [7, 11) is 1.65. The summed E-state index contributed by atoms with van der Waals surface area (Å²) in [5.41, 5.74) is 3.33. The van der Waals surface area contributed by atoms with Crippen LogP contribution in [0, 0.1) is 12.8 Å². The molecule has 2 aromatic rings. The van der Waals surface area contributed by atoms with Crippen LogP contribution >= 0.6 is 11.8 Å². The number of methoxy groups -OCH3 is 1. The lowest BCUT2D eigenvalue weighted by atomic mass is 10.1. The maximum Gasteiger partial charge on any atom is 0.242 e. The lowest BCUT2D eigenvalue weighted by molar-refractivity contribution is -0.139. The summed E-state index contributed by atoms with van der Waals surface area (Å²) in [6.07, 6.45) is 0.574. The molecule has 2 aromatic carbocycles. The number of carbonyl (C=O) groups is 2. The van der Waals surface area contributed by atoms with E-state index in [1.54, 1.807) is 23.8 Å². The van der Waals surface area contributed by atoms with Crippen LogP contribution in [0.25, 0.3) is 0 Å². The second-order valence-corrected chi connectivity index (χ2v) is 9.40. The van der Waals surface area contributed by atoms with Gasteiger partial charge in [0.15, 0.2) is 0 Å². The third-order valence-corrected chi connectivity index (χ3v) is 6.19. The van der Waals surface area contributed by atoms with Gasteiger partial charge in [-0.1, -0.05) is 62.7 Å². The lowest BCUT2D eigenvalue weighted by Gasteiger charge is -2.31. The van der Waals surface area contributed by atoms with Gasteiger partial charge in [-0.25, -0.2) is 0 Å². The first-order valence-electron chi connectivity index (χ1n) is 11.2. The van der Waals surface area contributed by atoms with Gasteiger partial charge in [-0.05, 0) is 42.5 Å². The monoisotopic (exact) mass is 456 g/mol. The number of rotatable bonds is 12. The Morgan fingerprint density at radius 2 is 1.66 bits per heavy atom. The van der Waals surface area contributed by atoms with Gasteiger partial charge in [0.1, 0.15) is 11.8 Å². The van der Waals surface area contributed by atoms with E-state index in [1.165, 1.54) is 5.56 Å². The molecule has 174 valence electrons. The largest absolute Gasteiger partial charge is 0.497 e. The SMILES string of the molecule is CCC(C(=O)NCC(C)C)N(Cc1ccc(C)cc1)C(=O)CSCc1ccc(OC)cc1. The van der Waals surface area contributed by atoms with Crippen LogP contribution in [0.4, 0.5) is 0 Å². The van der Waals surface area contributed by atoms with Crippen molar-refractivity contribution in [3.05, 3.63) is 65.2 Å². The molecule has 5 nitrogen and oxygen atoms in total. The van der Waals surface area contributed by atoms with Gasteiger partial charge in [-0.3, -0.25) is 9.59 Å². The Hall–Kier alpha value is -2.47. The quantitative estimate of drug-likeness (QED) is 0.498. The van der Waals surface area contributed by atoms with Gasteiger partial charge in [0.25, 0.3) is 0 Å². The molecule has 0 aliphatic heterocycles. The molecule has 0 radical (unpaired) electrons. The van der Waals surface area contributed by atoms with Crippen molar-refractivity contribution in [2.24, 2.45) is 5.92 Å². The lowest BCUT2D eigenvalue weighted by Crippen LogP contribution is -2.50. The molecular formula is C26H36N2O3S. The fraction of sp³-hybridized carbons (Fsp3) is 0.462. The normalized spacial score (nSPS) is 11.8. The summed E-state index contributed by atoms with van der Waals surface area (Å²) < 4.78 is 5.20. The number of benzene rings is 2. The Kier molecular flexibility index (Phi) is 10.6. The Bertz CT molecular complexity index is 850. The van der Waals surface area contributed by atoms with Crippen molar-refractivity contribution in [1.29, 1.82) is 0 Å². The van der Waals surface area contributed by atoms with Crippen molar-refractivity contribution in [2.75, 3.05) is 19.4 Å². The predicted octanol–water partition coefficient (Wildman–Crippen LogP) is 4.82. The van der Waals surface area contributed by atoms with Gasteiger partial charge >= 0.3 is 0 Å². The van der Waals surface area contributed by atoms with Crippen molar-refractivity contribution in [2.45, 2.75) is 52.5 Å². The third kappa shape index (κ3) is 8.23. The van der Waals surface area contributed by atoms with E-state index >= 15 is 0 Å². The highest BCUT2D eigenvalue weighted by Gasteiger charge is 2.28. The maximum atomic E-state index is 13.3. The van der Waals surface area contributed by atoms with Gasteiger partial charge in [0.2, 0.25) is 11.8 Å².